The minimum Gasteiger partial charge on any atom is -0.368 e. The molecule has 2 aromatic heterocycles. The molecule has 0 bridgehead atoms. The van der Waals surface area contributed by atoms with Crippen molar-refractivity contribution in [2.75, 3.05) is 12.3 Å². The molecule has 6 nitrogen and oxygen atoms in total. The molecule has 0 saturated heterocycles. The molecule has 0 saturated carbocycles. The number of hydrogen-bond acceptors (Lipinski definition) is 5. The highest BCUT2D eigenvalue weighted by Crippen LogP contribution is 2.19. The summed E-state index contributed by atoms with van der Waals surface area (Å²) < 4.78 is 2.21. The van der Waals surface area contributed by atoms with Gasteiger partial charge < -0.3 is 10.3 Å². The Morgan fingerprint density at radius 2 is 1.96 bits per heavy atom. The number of rotatable bonds is 4. The molecule has 24 heavy (non-hydrogen) atoms. The van der Waals surface area contributed by atoms with Crippen molar-refractivity contribution in [3.05, 3.63) is 71.6 Å². The van der Waals surface area contributed by atoms with E-state index in [1.165, 1.54) is 16.8 Å². The van der Waals surface area contributed by atoms with E-state index in [4.69, 9.17) is 5.73 Å². The molecule has 0 atom stereocenters. The first-order valence-electron chi connectivity index (χ1n) is 8.13. The second-order valence-electron chi connectivity index (χ2n) is 6.16. The fraction of sp³-hybridized carbons (Fsp3) is 0.278. The summed E-state index contributed by atoms with van der Waals surface area (Å²) in [5, 5.41) is 0. The third-order valence-corrected chi connectivity index (χ3v) is 4.41. The van der Waals surface area contributed by atoms with Crippen molar-refractivity contribution >= 4 is 5.95 Å². The number of nitrogens with zero attached hydrogens (tertiary/aromatic N) is 5. The lowest BCUT2D eigenvalue weighted by Crippen LogP contribution is -2.31. The lowest BCUT2D eigenvalue weighted by Gasteiger charge is -2.28. The van der Waals surface area contributed by atoms with E-state index in [0.29, 0.717) is 5.95 Å². The van der Waals surface area contributed by atoms with Crippen LogP contribution in [0, 0.1) is 0 Å². The number of benzene rings is 1. The highest BCUT2D eigenvalue weighted by Gasteiger charge is 2.19. The first-order valence-corrected chi connectivity index (χ1v) is 8.13. The van der Waals surface area contributed by atoms with Crippen molar-refractivity contribution in [2.24, 2.45) is 0 Å². The molecule has 2 N–H and O–H groups in total. The highest BCUT2D eigenvalue weighted by molar-refractivity contribution is 5.27. The monoisotopic (exact) mass is 320 g/mol. The minimum absolute atomic E-state index is 0.364. The molecule has 0 unspecified atom stereocenters. The van der Waals surface area contributed by atoms with Gasteiger partial charge in [-0.1, -0.05) is 30.3 Å². The molecule has 122 valence electrons. The average Bonchev–Trinajstić information content (AvgIpc) is 3.03. The maximum absolute atomic E-state index is 5.67. The van der Waals surface area contributed by atoms with Gasteiger partial charge in [-0.05, 0) is 5.56 Å². The molecule has 6 heteroatoms. The van der Waals surface area contributed by atoms with E-state index in [2.05, 4.69) is 48.7 Å². The van der Waals surface area contributed by atoms with Crippen molar-refractivity contribution in [3.8, 4) is 0 Å². The zero-order valence-electron chi connectivity index (χ0n) is 13.5. The van der Waals surface area contributed by atoms with Gasteiger partial charge in [0.15, 0.2) is 0 Å². The van der Waals surface area contributed by atoms with Crippen LogP contribution >= 0.6 is 0 Å². The Morgan fingerprint density at radius 3 is 2.83 bits per heavy atom. The van der Waals surface area contributed by atoms with Gasteiger partial charge in [-0.25, -0.2) is 15.0 Å². The van der Waals surface area contributed by atoms with Crippen molar-refractivity contribution in [2.45, 2.75) is 26.1 Å². The van der Waals surface area contributed by atoms with Crippen LogP contribution in [0.3, 0.4) is 0 Å². The number of anilines is 1. The molecule has 1 aromatic carbocycles. The van der Waals surface area contributed by atoms with Crippen LogP contribution in [0.5, 0.6) is 0 Å². The van der Waals surface area contributed by atoms with Crippen LogP contribution < -0.4 is 5.73 Å². The zero-order chi connectivity index (χ0) is 16.4. The topological polar surface area (TPSA) is 72.9 Å². The molecular weight excluding hydrogens is 300 g/mol. The van der Waals surface area contributed by atoms with Gasteiger partial charge in [-0.15, -0.1) is 0 Å². The Hall–Kier alpha value is -2.73. The van der Waals surface area contributed by atoms with Gasteiger partial charge >= 0.3 is 0 Å². The molecule has 3 heterocycles. The van der Waals surface area contributed by atoms with Crippen molar-refractivity contribution in [1.82, 2.24) is 24.4 Å². The summed E-state index contributed by atoms with van der Waals surface area (Å²) in [6, 6.07) is 10.5. The third-order valence-electron chi connectivity index (χ3n) is 4.41. The van der Waals surface area contributed by atoms with E-state index >= 15 is 0 Å². The van der Waals surface area contributed by atoms with Crippen LogP contribution in [0.2, 0.25) is 0 Å². The third kappa shape index (κ3) is 3.14. The fourth-order valence-electron chi connectivity index (χ4n) is 3.16. The predicted octanol–water partition coefficient (Wildman–Crippen LogP) is 1.86. The summed E-state index contributed by atoms with van der Waals surface area (Å²) in [6.07, 6.45) is 6.63. The summed E-state index contributed by atoms with van der Waals surface area (Å²) >= 11 is 0. The Labute approximate surface area is 141 Å². The van der Waals surface area contributed by atoms with Gasteiger partial charge in [0.2, 0.25) is 5.95 Å². The number of fused-ring (bicyclic) bond motifs is 1. The van der Waals surface area contributed by atoms with Gasteiger partial charge in [0.1, 0.15) is 0 Å². The van der Waals surface area contributed by atoms with Crippen LogP contribution in [0.1, 0.15) is 22.5 Å². The summed E-state index contributed by atoms with van der Waals surface area (Å²) in [4.78, 5) is 15.2. The van der Waals surface area contributed by atoms with E-state index in [9.17, 15) is 0 Å². The molecule has 0 amide bonds. The van der Waals surface area contributed by atoms with Crippen LogP contribution in [-0.2, 0) is 26.1 Å². The van der Waals surface area contributed by atoms with E-state index in [0.717, 1.165) is 38.3 Å². The van der Waals surface area contributed by atoms with E-state index in [-0.39, 0.29) is 0 Å². The van der Waals surface area contributed by atoms with Crippen molar-refractivity contribution in [1.29, 1.82) is 0 Å². The standard InChI is InChI=1S/C18H20N6/c19-18-21-8-15-11-23(7-6-17(15)22-18)12-16-9-20-13-24(16)10-14-4-2-1-3-5-14/h1-5,8-9,13H,6-7,10-12H2,(H2,19,21,22). The molecule has 0 aliphatic carbocycles. The molecule has 1 aliphatic rings. The Morgan fingerprint density at radius 1 is 1.08 bits per heavy atom. The second-order valence-corrected chi connectivity index (χ2v) is 6.16. The molecule has 0 fully saturated rings. The largest absolute Gasteiger partial charge is 0.368 e. The van der Waals surface area contributed by atoms with E-state index in [1.54, 1.807) is 0 Å². The maximum atomic E-state index is 5.67. The zero-order valence-corrected chi connectivity index (χ0v) is 13.5. The number of hydrogen-bond donors (Lipinski definition) is 1. The van der Waals surface area contributed by atoms with Crippen LogP contribution in [0.15, 0.2) is 49.1 Å². The predicted molar refractivity (Wildman–Crippen MR) is 92.0 cm³/mol. The van der Waals surface area contributed by atoms with Gasteiger partial charge in [-0.2, -0.15) is 0 Å². The van der Waals surface area contributed by atoms with Gasteiger partial charge in [0, 0.05) is 50.6 Å². The Kier molecular flexibility index (Phi) is 3.96. The smallest absolute Gasteiger partial charge is 0.220 e. The fourth-order valence-corrected chi connectivity index (χ4v) is 3.16. The van der Waals surface area contributed by atoms with Gasteiger partial charge in [0.05, 0.1) is 17.7 Å². The van der Waals surface area contributed by atoms with Gasteiger partial charge in [-0.3, -0.25) is 4.90 Å². The maximum Gasteiger partial charge on any atom is 0.220 e. The van der Waals surface area contributed by atoms with Gasteiger partial charge in [0.25, 0.3) is 0 Å². The summed E-state index contributed by atoms with van der Waals surface area (Å²) in [5.74, 6) is 0.364. The summed E-state index contributed by atoms with van der Waals surface area (Å²) in [5.41, 5.74) is 10.4. The SMILES string of the molecule is Nc1ncc2c(n1)CCN(Cc1cncn1Cc1ccccc1)C2. The summed E-state index contributed by atoms with van der Waals surface area (Å²) in [7, 11) is 0. The number of imidazole rings is 1. The number of aromatic nitrogens is 4. The lowest BCUT2D eigenvalue weighted by atomic mass is 10.1. The van der Waals surface area contributed by atoms with Crippen LogP contribution in [0.4, 0.5) is 5.95 Å². The van der Waals surface area contributed by atoms with E-state index < -0.39 is 0 Å². The Bertz CT molecular complexity index is 827. The quantitative estimate of drug-likeness (QED) is 0.794. The van der Waals surface area contributed by atoms with E-state index in [1.807, 2.05) is 24.8 Å². The lowest BCUT2D eigenvalue weighted by molar-refractivity contribution is 0.237. The molecule has 3 aromatic rings. The first kappa shape index (κ1) is 14.8. The molecule has 1 aliphatic heterocycles. The van der Waals surface area contributed by atoms with Crippen LogP contribution in [0.25, 0.3) is 0 Å². The average molecular weight is 320 g/mol. The molecule has 0 spiro atoms. The number of nitrogen functional groups attached to an aromatic ring is 1. The Balaban J connectivity index is 1.47. The molecule has 4 rings (SSSR count). The second kappa shape index (κ2) is 6.41. The highest BCUT2D eigenvalue weighted by atomic mass is 15.2. The summed E-state index contributed by atoms with van der Waals surface area (Å²) in [6.45, 7) is 3.54. The number of nitrogens with two attached hydrogens (primary N) is 1. The van der Waals surface area contributed by atoms with Crippen molar-refractivity contribution in [3.63, 3.8) is 0 Å². The molecular formula is C18H20N6. The normalized spacial score (nSPS) is 14.5. The van der Waals surface area contributed by atoms with Crippen LogP contribution in [-0.4, -0.2) is 31.0 Å². The van der Waals surface area contributed by atoms with Crippen molar-refractivity contribution < 1.29 is 0 Å². The first-order chi connectivity index (χ1) is 11.8. The minimum atomic E-state index is 0.364. The molecule has 0 radical (unpaired) electrons.